The minimum absolute atomic E-state index is 0.0476. The SMILES string of the molecule is CC1C2CCC3(OC14CCC(C)(C)O4)C1=CC(=O)C4CC(=O)CCC4(C)C1=CC(O)C23. The lowest BCUT2D eigenvalue weighted by Crippen LogP contribution is -2.64. The van der Waals surface area contributed by atoms with E-state index in [1.165, 1.54) is 0 Å². The zero-order valence-electron chi connectivity index (χ0n) is 19.1. The van der Waals surface area contributed by atoms with Crippen molar-refractivity contribution >= 4 is 11.6 Å². The molecule has 5 heteroatoms. The highest BCUT2D eigenvalue weighted by atomic mass is 16.7. The quantitative estimate of drug-likeness (QED) is 0.636. The second-order valence-electron chi connectivity index (χ2n) is 11.9. The van der Waals surface area contributed by atoms with E-state index in [1.54, 1.807) is 6.08 Å². The first kappa shape index (κ1) is 20.3. The maximum atomic E-state index is 13.3. The topological polar surface area (TPSA) is 72.8 Å². The Balaban J connectivity index is 1.51. The molecule has 2 saturated heterocycles. The molecule has 2 saturated carbocycles. The maximum Gasteiger partial charge on any atom is 0.173 e. The molecule has 0 radical (unpaired) electrons. The van der Waals surface area contributed by atoms with Gasteiger partial charge in [-0.25, -0.2) is 0 Å². The van der Waals surface area contributed by atoms with Gasteiger partial charge in [-0.15, -0.1) is 0 Å². The molecule has 8 atom stereocenters. The zero-order chi connectivity index (χ0) is 22.0. The molecule has 0 aromatic heterocycles. The largest absolute Gasteiger partial charge is 0.389 e. The maximum absolute atomic E-state index is 13.3. The van der Waals surface area contributed by atoms with E-state index in [0.717, 1.165) is 36.8 Å². The fraction of sp³-hybridized carbons (Fsp3) is 0.769. The summed E-state index contributed by atoms with van der Waals surface area (Å²) in [6.45, 7) is 8.59. The summed E-state index contributed by atoms with van der Waals surface area (Å²) in [5.74, 6) is -0.315. The third kappa shape index (κ3) is 2.43. The van der Waals surface area contributed by atoms with Crippen molar-refractivity contribution in [2.75, 3.05) is 0 Å². The molecule has 2 heterocycles. The number of Topliss-reactive ketones (excluding diaryl/α,β-unsaturated/α-hetero) is 1. The lowest BCUT2D eigenvalue weighted by atomic mass is 9.52. The van der Waals surface area contributed by atoms with Gasteiger partial charge in [-0.3, -0.25) is 9.59 Å². The van der Waals surface area contributed by atoms with E-state index >= 15 is 0 Å². The summed E-state index contributed by atoms with van der Waals surface area (Å²) in [6.07, 6.45) is 8.23. The molecule has 6 rings (SSSR count). The number of aliphatic hydroxyl groups is 1. The van der Waals surface area contributed by atoms with Crippen molar-refractivity contribution in [3.05, 3.63) is 23.3 Å². The number of aliphatic hydroxyl groups excluding tert-OH is 1. The molecule has 0 amide bonds. The van der Waals surface area contributed by atoms with Crippen LogP contribution in [0.1, 0.15) is 72.6 Å². The fourth-order valence-electron chi connectivity index (χ4n) is 8.21. The first-order chi connectivity index (χ1) is 14.5. The summed E-state index contributed by atoms with van der Waals surface area (Å²) in [4.78, 5) is 25.5. The summed E-state index contributed by atoms with van der Waals surface area (Å²) >= 11 is 0. The molecule has 1 N–H and O–H groups in total. The predicted molar refractivity (Wildman–Crippen MR) is 114 cm³/mol. The Labute approximate surface area is 184 Å². The van der Waals surface area contributed by atoms with Crippen LogP contribution in [0.5, 0.6) is 0 Å². The van der Waals surface area contributed by atoms with Gasteiger partial charge in [0, 0.05) is 42.4 Å². The smallest absolute Gasteiger partial charge is 0.173 e. The first-order valence-electron chi connectivity index (χ1n) is 12.1. The summed E-state index contributed by atoms with van der Waals surface area (Å²) in [6, 6.07) is 0. The first-order valence-corrected chi connectivity index (χ1v) is 12.1. The van der Waals surface area contributed by atoms with Crippen LogP contribution < -0.4 is 0 Å². The van der Waals surface area contributed by atoms with Gasteiger partial charge in [0.05, 0.1) is 11.7 Å². The van der Waals surface area contributed by atoms with E-state index in [-0.39, 0.29) is 34.9 Å². The summed E-state index contributed by atoms with van der Waals surface area (Å²) in [5, 5.41) is 11.4. The normalized spacial score (nSPS) is 52.4. The lowest BCUT2D eigenvalue weighted by Gasteiger charge is -2.59. The van der Waals surface area contributed by atoms with Crippen LogP contribution in [0.15, 0.2) is 23.3 Å². The molecule has 0 aromatic carbocycles. The Morgan fingerprint density at radius 2 is 1.81 bits per heavy atom. The van der Waals surface area contributed by atoms with Gasteiger partial charge >= 0.3 is 0 Å². The number of allylic oxidation sites excluding steroid dienone is 1. The fourth-order valence-corrected chi connectivity index (χ4v) is 8.21. The number of hydrogen-bond acceptors (Lipinski definition) is 5. The molecule has 31 heavy (non-hydrogen) atoms. The van der Waals surface area contributed by atoms with Crippen LogP contribution in [0.25, 0.3) is 0 Å². The molecule has 2 bridgehead atoms. The van der Waals surface area contributed by atoms with Gasteiger partial charge in [0.25, 0.3) is 0 Å². The highest BCUT2D eigenvalue weighted by Gasteiger charge is 2.70. The van der Waals surface area contributed by atoms with Crippen molar-refractivity contribution in [3.8, 4) is 0 Å². The number of ketones is 2. The third-order valence-electron chi connectivity index (χ3n) is 9.89. The highest BCUT2D eigenvalue weighted by molar-refractivity contribution is 6.00. The molecule has 2 aliphatic heterocycles. The number of hydrogen-bond donors (Lipinski definition) is 1. The van der Waals surface area contributed by atoms with Crippen LogP contribution in [0.4, 0.5) is 0 Å². The Kier molecular flexibility index (Phi) is 3.92. The molecule has 5 nitrogen and oxygen atoms in total. The van der Waals surface area contributed by atoms with E-state index in [4.69, 9.17) is 9.47 Å². The van der Waals surface area contributed by atoms with Crippen molar-refractivity contribution in [2.24, 2.45) is 29.1 Å². The van der Waals surface area contributed by atoms with Crippen molar-refractivity contribution < 1.29 is 24.2 Å². The van der Waals surface area contributed by atoms with Gasteiger partial charge < -0.3 is 14.6 Å². The van der Waals surface area contributed by atoms with Gasteiger partial charge in [0.1, 0.15) is 11.4 Å². The molecule has 1 spiro atoms. The van der Waals surface area contributed by atoms with Crippen molar-refractivity contribution in [3.63, 3.8) is 0 Å². The molecule has 0 aromatic rings. The minimum Gasteiger partial charge on any atom is -0.389 e. The standard InChI is InChI=1S/C26H34O5/c1-14-16-6-8-25(31-26(14)10-9-23(2,3)30-26)18-13-20(28)19-11-15(27)5-7-24(19,4)17(18)12-21(29)22(16)25/h12-14,16,19,21-22,29H,5-11H2,1-4H3. The van der Waals surface area contributed by atoms with Crippen molar-refractivity contribution in [1.82, 2.24) is 0 Å². The van der Waals surface area contributed by atoms with Crippen molar-refractivity contribution in [2.45, 2.75) is 95.7 Å². The number of ether oxygens (including phenoxy) is 2. The monoisotopic (exact) mass is 426 g/mol. The summed E-state index contributed by atoms with van der Waals surface area (Å²) < 4.78 is 13.7. The average molecular weight is 427 g/mol. The Bertz CT molecular complexity index is 945. The van der Waals surface area contributed by atoms with E-state index in [2.05, 4.69) is 27.7 Å². The minimum atomic E-state index is -0.674. The number of fused-ring (bicyclic) bond motifs is 3. The van der Waals surface area contributed by atoms with Crippen LogP contribution in [0.3, 0.4) is 0 Å². The van der Waals surface area contributed by atoms with Crippen LogP contribution in [0, 0.1) is 29.1 Å². The van der Waals surface area contributed by atoms with Crippen molar-refractivity contribution in [1.29, 1.82) is 0 Å². The van der Waals surface area contributed by atoms with Gasteiger partial charge in [-0.05, 0) is 62.7 Å². The lowest BCUT2D eigenvalue weighted by molar-refractivity contribution is -0.346. The molecule has 168 valence electrons. The summed E-state index contributed by atoms with van der Waals surface area (Å²) in [5.41, 5.74) is 0.704. The van der Waals surface area contributed by atoms with Crippen LogP contribution >= 0.6 is 0 Å². The molecule has 4 aliphatic carbocycles. The van der Waals surface area contributed by atoms with Gasteiger partial charge in [0.15, 0.2) is 11.6 Å². The number of carbonyl (C=O) groups excluding carboxylic acids is 2. The second kappa shape index (κ2) is 5.98. The van der Waals surface area contributed by atoms with Crippen LogP contribution in [-0.4, -0.2) is 39.8 Å². The molecule has 8 unspecified atom stereocenters. The van der Waals surface area contributed by atoms with Crippen LogP contribution in [0.2, 0.25) is 0 Å². The van der Waals surface area contributed by atoms with Crippen LogP contribution in [-0.2, 0) is 19.1 Å². The third-order valence-corrected chi connectivity index (χ3v) is 9.89. The van der Waals surface area contributed by atoms with E-state index in [0.29, 0.717) is 25.2 Å². The molecular weight excluding hydrogens is 392 g/mol. The van der Waals surface area contributed by atoms with E-state index < -0.39 is 22.9 Å². The molecular formula is C26H34O5. The number of rotatable bonds is 0. The highest BCUT2D eigenvalue weighted by Crippen LogP contribution is 2.68. The Morgan fingerprint density at radius 3 is 2.52 bits per heavy atom. The van der Waals surface area contributed by atoms with E-state index in [1.807, 2.05) is 6.08 Å². The van der Waals surface area contributed by atoms with E-state index in [9.17, 15) is 14.7 Å². The Morgan fingerprint density at radius 1 is 1.03 bits per heavy atom. The average Bonchev–Trinajstić information content (AvgIpc) is 3.19. The van der Waals surface area contributed by atoms with Gasteiger partial charge in [0.2, 0.25) is 0 Å². The molecule has 6 aliphatic rings. The molecule has 4 fully saturated rings. The Hall–Kier alpha value is -1.30. The number of carbonyl (C=O) groups is 2. The van der Waals surface area contributed by atoms with Gasteiger partial charge in [-0.2, -0.15) is 0 Å². The van der Waals surface area contributed by atoms with Gasteiger partial charge in [-0.1, -0.05) is 19.9 Å². The predicted octanol–water partition coefficient (Wildman–Crippen LogP) is 3.89. The zero-order valence-corrected chi connectivity index (χ0v) is 19.1. The summed E-state index contributed by atoms with van der Waals surface area (Å²) in [7, 11) is 0. The second-order valence-corrected chi connectivity index (χ2v) is 11.9.